The number of nitrogens with zero attached hydrogens (tertiary/aromatic N) is 2. The normalized spacial score (nSPS) is 14.2. The highest BCUT2D eigenvalue weighted by atomic mass is 32.1. The Labute approximate surface area is 350 Å². The monoisotopic (exact) mass is 800 g/mol. The molecule has 4 aromatic heterocycles. The van der Waals surface area contributed by atoms with E-state index in [0.29, 0.717) is 0 Å². The molecule has 2 amide bonds. The molecule has 8 aromatic carbocycles. The summed E-state index contributed by atoms with van der Waals surface area (Å²) in [4.78, 5) is 20.3. The topological polar surface area (TPSA) is 49.8 Å². The fraction of sp³-hybridized carbons (Fsp3) is 0. The van der Waals surface area contributed by atoms with E-state index in [1.807, 2.05) is 12.1 Å². The molecule has 0 bridgehead atoms. The third kappa shape index (κ3) is 3.80. The molecule has 60 heavy (non-hydrogen) atoms. The molecular weight excluding hydrogens is 774 g/mol. The molecule has 0 aliphatic carbocycles. The summed E-state index contributed by atoms with van der Waals surface area (Å²) in [6, 6.07) is 55.9. The van der Waals surface area contributed by atoms with Crippen molar-refractivity contribution in [3.05, 3.63) is 158 Å². The lowest BCUT2D eigenvalue weighted by atomic mass is 9.36. The van der Waals surface area contributed by atoms with Gasteiger partial charge in [0, 0.05) is 56.7 Å². The van der Waals surface area contributed by atoms with Gasteiger partial charge in [-0.25, -0.2) is 4.79 Å². The number of furan rings is 2. The van der Waals surface area contributed by atoms with Gasteiger partial charge in [-0.2, -0.15) is 0 Å². The van der Waals surface area contributed by atoms with Crippen LogP contribution in [0.5, 0.6) is 0 Å². The Hall–Kier alpha value is -7.06. The second-order valence-corrected chi connectivity index (χ2v) is 18.4. The van der Waals surface area contributed by atoms with E-state index in [4.69, 9.17) is 8.83 Å². The van der Waals surface area contributed by atoms with Crippen molar-refractivity contribution >= 4 is 171 Å². The van der Waals surface area contributed by atoms with Crippen molar-refractivity contribution in [3.63, 3.8) is 0 Å². The first-order chi connectivity index (χ1) is 29.7. The molecule has 3 aliphatic heterocycles. The van der Waals surface area contributed by atoms with Crippen LogP contribution in [0.1, 0.15) is 0 Å². The van der Waals surface area contributed by atoms with Gasteiger partial charge in [0.25, 0.3) is 13.4 Å². The Morgan fingerprint density at radius 1 is 0.383 bits per heavy atom. The number of carbonyl (C=O) groups excluding carboxylic acids is 1. The molecule has 0 atom stereocenters. The van der Waals surface area contributed by atoms with E-state index in [0.717, 1.165) is 118 Å². The predicted octanol–water partition coefficient (Wildman–Crippen LogP) is 10.1. The quantitative estimate of drug-likeness (QED) is 0.164. The van der Waals surface area contributed by atoms with Crippen LogP contribution in [-0.4, -0.2) is 19.5 Å². The van der Waals surface area contributed by atoms with Crippen LogP contribution in [0.4, 0.5) is 27.5 Å². The predicted molar refractivity (Wildman–Crippen MR) is 254 cm³/mol. The summed E-state index contributed by atoms with van der Waals surface area (Å²) in [5, 5.41) is 8.84. The van der Waals surface area contributed by atoms with Crippen LogP contribution in [0, 0.1) is 0 Å². The highest BCUT2D eigenvalue weighted by Gasteiger charge is 2.51. The Balaban J connectivity index is 1.11. The summed E-state index contributed by atoms with van der Waals surface area (Å²) in [5.74, 6) is 0. The Morgan fingerprint density at radius 2 is 0.817 bits per heavy atom. The Bertz CT molecular complexity index is 3690. The van der Waals surface area contributed by atoms with E-state index in [1.54, 1.807) is 22.7 Å². The summed E-state index contributed by atoms with van der Waals surface area (Å²) >= 11 is 3.59. The molecule has 5 nitrogen and oxygen atoms in total. The van der Waals surface area contributed by atoms with Crippen LogP contribution < -0.4 is 41.2 Å². The lowest BCUT2D eigenvalue weighted by Crippen LogP contribution is -2.63. The minimum absolute atomic E-state index is 0.0471. The van der Waals surface area contributed by atoms with Crippen molar-refractivity contribution < 1.29 is 13.6 Å². The van der Waals surface area contributed by atoms with Crippen molar-refractivity contribution in [1.29, 1.82) is 0 Å². The zero-order valence-corrected chi connectivity index (χ0v) is 33.2. The summed E-state index contributed by atoms with van der Waals surface area (Å²) < 4.78 is 17.7. The number of rotatable bonds is 2. The van der Waals surface area contributed by atoms with Crippen LogP contribution in [0.25, 0.3) is 74.8 Å². The number of hydrogen-bond donors (Lipinski definition) is 0. The van der Waals surface area contributed by atoms with Crippen molar-refractivity contribution in [2.24, 2.45) is 0 Å². The fourth-order valence-electron chi connectivity index (χ4n) is 11.0. The summed E-state index contributed by atoms with van der Waals surface area (Å²) in [6.07, 6.45) is 0. The van der Waals surface area contributed by atoms with Gasteiger partial charge in [-0.05, 0) is 52.7 Å². The van der Waals surface area contributed by atoms with E-state index in [9.17, 15) is 0 Å². The lowest BCUT2D eigenvalue weighted by molar-refractivity contribution is 0.255. The van der Waals surface area contributed by atoms with Crippen LogP contribution in [-0.2, 0) is 0 Å². The van der Waals surface area contributed by atoms with E-state index in [1.165, 1.54) is 10.9 Å². The first-order valence-electron chi connectivity index (χ1n) is 20.3. The molecule has 276 valence electrons. The highest BCUT2D eigenvalue weighted by Crippen LogP contribution is 2.52. The number of benzene rings is 8. The van der Waals surface area contributed by atoms with E-state index in [-0.39, 0.29) is 19.5 Å². The van der Waals surface area contributed by atoms with E-state index in [2.05, 4.69) is 155 Å². The number of fused-ring (bicyclic) bond motifs is 14. The third-order valence-corrected chi connectivity index (χ3v) is 15.7. The zero-order chi connectivity index (χ0) is 39.0. The van der Waals surface area contributed by atoms with Crippen molar-refractivity contribution in [3.8, 4) is 0 Å². The summed E-state index contributed by atoms with van der Waals surface area (Å²) in [5.41, 5.74) is 12.0. The fourth-order valence-corrected chi connectivity index (χ4v) is 13.7. The molecule has 0 unspecified atom stereocenters. The average Bonchev–Trinajstić information content (AvgIpc) is 4.07. The number of anilines is 4. The smallest absolute Gasteiger partial charge is 0.338 e. The molecule has 0 saturated heterocycles. The van der Waals surface area contributed by atoms with Gasteiger partial charge >= 0.3 is 6.03 Å². The van der Waals surface area contributed by atoms with Crippen LogP contribution in [0.15, 0.2) is 167 Å². The van der Waals surface area contributed by atoms with Gasteiger partial charge in [0.05, 0.1) is 22.7 Å². The largest absolute Gasteiger partial charge is 0.456 e. The van der Waals surface area contributed by atoms with E-state index >= 15 is 4.79 Å². The van der Waals surface area contributed by atoms with Gasteiger partial charge < -0.3 is 8.83 Å². The molecule has 3 aliphatic rings. The van der Waals surface area contributed by atoms with Crippen molar-refractivity contribution in [2.45, 2.75) is 0 Å². The molecule has 0 spiro atoms. The minimum atomic E-state index is -0.143. The maximum absolute atomic E-state index is 16.2. The van der Waals surface area contributed by atoms with Crippen LogP contribution in [0.2, 0.25) is 0 Å². The lowest BCUT2D eigenvalue weighted by Gasteiger charge is -2.45. The van der Waals surface area contributed by atoms with Gasteiger partial charge in [0.15, 0.2) is 0 Å². The van der Waals surface area contributed by atoms with Crippen molar-refractivity contribution in [2.75, 3.05) is 9.80 Å². The SMILES string of the molecule is O=C1N2c3c(sc4ccccc34)B(c3cccc4oc5ccccc5c34)c3ccc4ccc5c(c4c32)N1c1c(sc2ccccc12)B5c1cccc2oc3ccccc3c12. The number of para-hydroxylation sites is 2. The summed E-state index contributed by atoms with van der Waals surface area (Å²) in [6.45, 7) is -0.285. The second-order valence-electron chi connectivity index (χ2n) is 16.2. The van der Waals surface area contributed by atoms with Crippen LogP contribution >= 0.6 is 22.7 Å². The van der Waals surface area contributed by atoms with Gasteiger partial charge in [0.2, 0.25) is 0 Å². The molecule has 15 rings (SSSR count). The molecular formula is C51H26B2N2O3S2. The Morgan fingerprint density at radius 3 is 1.32 bits per heavy atom. The summed E-state index contributed by atoms with van der Waals surface area (Å²) in [7, 11) is 0. The van der Waals surface area contributed by atoms with Crippen LogP contribution in [0.3, 0.4) is 0 Å². The number of urea groups is 1. The molecule has 0 radical (unpaired) electrons. The molecule has 0 fully saturated rings. The highest BCUT2D eigenvalue weighted by molar-refractivity contribution is 7.34. The molecule has 9 heteroatoms. The average molecular weight is 801 g/mol. The first-order valence-corrected chi connectivity index (χ1v) is 21.9. The van der Waals surface area contributed by atoms with Gasteiger partial charge in [0.1, 0.15) is 22.3 Å². The maximum atomic E-state index is 16.2. The molecule has 0 N–H and O–H groups in total. The van der Waals surface area contributed by atoms with Gasteiger partial charge in [-0.15, -0.1) is 22.7 Å². The Kier molecular flexibility index (Phi) is 5.92. The van der Waals surface area contributed by atoms with E-state index < -0.39 is 0 Å². The van der Waals surface area contributed by atoms with Crippen molar-refractivity contribution in [1.82, 2.24) is 0 Å². The standard InChI is InChI=1S/C51H26B2N2O3S2/c56-51-54-45-30-13-3-7-21-40(30)59-49(45)52(32-15-9-19-38-43(32)28-11-1-5-17-36(28)57-38)34-25-23-27-24-26-35-48(42(27)47(34)54)55(51)46-31-14-4-8-22-41(31)60-50(46)53(35)33-16-10-20-39-44(33)29-12-2-6-18-37(29)58-39/h1-26H. The minimum Gasteiger partial charge on any atom is -0.456 e. The molecule has 0 saturated carbocycles. The first kappa shape index (κ1) is 31.9. The third-order valence-electron chi connectivity index (χ3n) is 13.3. The van der Waals surface area contributed by atoms with Gasteiger partial charge in [-0.1, -0.05) is 132 Å². The number of hydrogen-bond acceptors (Lipinski definition) is 5. The number of thiophene rings is 2. The molecule has 12 aromatic rings. The second kappa shape index (κ2) is 11.2. The molecule has 7 heterocycles. The van der Waals surface area contributed by atoms with Gasteiger partial charge in [-0.3, -0.25) is 9.80 Å². The number of carbonyl (C=O) groups is 1. The maximum Gasteiger partial charge on any atom is 0.338 e. The number of amides is 2. The zero-order valence-electron chi connectivity index (χ0n) is 31.6.